The van der Waals surface area contributed by atoms with E-state index in [1.807, 2.05) is 18.2 Å². The summed E-state index contributed by atoms with van der Waals surface area (Å²) in [6, 6.07) is 5.63. The van der Waals surface area contributed by atoms with Crippen molar-refractivity contribution in [3.63, 3.8) is 0 Å². The number of aliphatic hydroxyl groups excluding tert-OH is 1. The van der Waals surface area contributed by atoms with Gasteiger partial charge in [-0.15, -0.1) is 0 Å². The van der Waals surface area contributed by atoms with Gasteiger partial charge in [0.05, 0.1) is 24.3 Å². The zero-order valence-corrected chi connectivity index (χ0v) is 13.0. The van der Waals surface area contributed by atoms with Crippen molar-refractivity contribution in [2.24, 2.45) is 0 Å². The fourth-order valence-electron chi connectivity index (χ4n) is 1.99. The molecule has 2 N–H and O–H groups in total. The van der Waals surface area contributed by atoms with Gasteiger partial charge >= 0.3 is 0 Å². The van der Waals surface area contributed by atoms with Crippen molar-refractivity contribution in [1.29, 1.82) is 0 Å². The highest BCUT2D eigenvalue weighted by molar-refractivity contribution is 9.10. The first kappa shape index (κ1) is 15.1. The Hall–Kier alpha value is -0.330. The molecule has 1 unspecified atom stereocenters. The molecule has 0 bridgehead atoms. The highest BCUT2D eigenvalue weighted by atomic mass is 79.9. The van der Waals surface area contributed by atoms with Crippen LogP contribution in [0.15, 0.2) is 22.7 Å². The van der Waals surface area contributed by atoms with E-state index < -0.39 is 6.10 Å². The van der Waals surface area contributed by atoms with Crippen molar-refractivity contribution in [2.75, 3.05) is 44.7 Å². The van der Waals surface area contributed by atoms with E-state index in [1.165, 1.54) is 0 Å². The molecule has 106 valence electrons. The van der Waals surface area contributed by atoms with Gasteiger partial charge in [0.15, 0.2) is 0 Å². The van der Waals surface area contributed by atoms with Gasteiger partial charge in [0.2, 0.25) is 0 Å². The van der Waals surface area contributed by atoms with Gasteiger partial charge in [-0.2, -0.15) is 0 Å². The molecule has 0 amide bonds. The fourth-order valence-corrected chi connectivity index (χ4v) is 2.48. The minimum absolute atomic E-state index is 0.396. The summed E-state index contributed by atoms with van der Waals surface area (Å²) in [5.74, 6) is 0. The molecule has 1 aliphatic rings. The minimum atomic E-state index is -0.396. The molecule has 2 rings (SSSR count). The summed E-state index contributed by atoms with van der Waals surface area (Å²) in [5.41, 5.74) is 0.942. The normalized spacial score (nSPS) is 18.3. The van der Waals surface area contributed by atoms with Gasteiger partial charge in [-0.25, -0.2) is 0 Å². The van der Waals surface area contributed by atoms with Gasteiger partial charge in [0.25, 0.3) is 0 Å². The molecule has 0 radical (unpaired) electrons. The zero-order chi connectivity index (χ0) is 13.7. The van der Waals surface area contributed by atoms with Crippen LogP contribution in [0.5, 0.6) is 0 Å². The Balaban J connectivity index is 1.75. The number of hydrogen-bond donors (Lipinski definition) is 2. The summed E-state index contributed by atoms with van der Waals surface area (Å²) in [7, 11) is 0. The lowest BCUT2D eigenvalue weighted by Gasteiger charge is -2.28. The molecular formula is C13H18BrClN2O2. The molecule has 1 heterocycles. The number of aliphatic hydroxyl groups is 1. The van der Waals surface area contributed by atoms with E-state index in [9.17, 15) is 5.11 Å². The van der Waals surface area contributed by atoms with Gasteiger partial charge in [-0.05, 0) is 34.1 Å². The molecule has 4 nitrogen and oxygen atoms in total. The smallest absolute Gasteiger partial charge is 0.0839 e. The van der Waals surface area contributed by atoms with Gasteiger partial charge in [0.1, 0.15) is 0 Å². The maximum absolute atomic E-state index is 10.0. The molecular weight excluding hydrogens is 332 g/mol. The molecule has 0 aliphatic carbocycles. The highest BCUT2D eigenvalue weighted by Gasteiger charge is 2.14. The molecule has 0 spiro atoms. The van der Waals surface area contributed by atoms with Gasteiger partial charge in [-0.1, -0.05) is 11.6 Å². The molecule has 1 saturated heterocycles. The Morgan fingerprint density at radius 1 is 1.42 bits per heavy atom. The second-order valence-corrected chi connectivity index (χ2v) is 5.84. The lowest BCUT2D eigenvalue weighted by molar-refractivity contribution is 0.0171. The van der Waals surface area contributed by atoms with E-state index in [1.54, 1.807) is 0 Å². The number of benzene rings is 1. The number of nitrogens with one attached hydrogen (secondary N) is 1. The van der Waals surface area contributed by atoms with Crippen LogP contribution in [0.2, 0.25) is 5.02 Å². The predicted molar refractivity (Wildman–Crippen MR) is 80.9 cm³/mol. The first-order valence-electron chi connectivity index (χ1n) is 6.32. The van der Waals surface area contributed by atoms with Gasteiger partial charge < -0.3 is 15.2 Å². The maximum atomic E-state index is 10.0. The Morgan fingerprint density at radius 3 is 2.84 bits per heavy atom. The molecule has 6 heteroatoms. The second kappa shape index (κ2) is 7.45. The van der Waals surface area contributed by atoms with Gasteiger partial charge in [-0.3, -0.25) is 4.90 Å². The second-order valence-electron chi connectivity index (χ2n) is 4.58. The average Bonchev–Trinajstić information content (AvgIpc) is 2.41. The van der Waals surface area contributed by atoms with Crippen molar-refractivity contribution < 1.29 is 9.84 Å². The number of β-amino-alcohol motifs (C(OH)–C–C–N with tert-alkyl or cyclic N) is 1. The molecule has 1 fully saturated rings. The third-order valence-corrected chi connectivity index (χ3v) is 4.25. The van der Waals surface area contributed by atoms with E-state index in [2.05, 4.69) is 26.1 Å². The summed E-state index contributed by atoms with van der Waals surface area (Å²) < 4.78 is 6.13. The predicted octanol–water partition coefficient (Wildman–Crippen LogP) is 2.21. The van der Waals surface area contributed by atoms with Crippen LogP contribution in [-0.4, -0.2) is 55.5 Å². The van der Waals surface area contributed by atoms with Gasteiger partial charge in [0, 0.05) is 36.3 Å². The Bertz CT molecular complexity index is 414. The topological polar surface area (TPSA) is 44.7 Å². The Kier molecular flexibility index (Phi) is 5.91. The number of hydrogen-bond acceptors (Lipinski definition) is 4. The number of ether oxygens (including phenoxy) is 1. The van der Waals surface area contributed by atoms with Crippen LogP contribution in [0.3, 0.4) is 0 Å². The zero-order valence-electron chi connectivity index (χ0n) is 10.6. The van der Waals surface area contributed by atoms with Crippen LogP contribution in [0, 0.1) is 0 Å². The highest BCUT2D eigenvalue weighted by Crippen LogP contribution is 2.25. The van der Waals surface area contributed by atoms with Crippen LogP contribution in [-0.2, 0) is 4.74 Å². The van der Waals surface area contributed by atoms with Crippen molar-refractivity contribution in [1.82, 2.24) is 4.90 Å². The Morgan fingerprint density at radius 2 is 2.16 bits per heavy atom. The largest absolute Gasteiger partial charge is 0.390 e. The average molecular weight is 350 g/mol. The quantitative estimate of drug-likeness (QED) is 0.855. The van der Waals surface area contributed by atoms with Crippen LogP contribution in [0.1, 0.15) is 0 Å². The number of morpholine rings is 1. The molecule has 1 atom stereocenters. The summed E-state index contributed by atoms with van der Waals surface area (Å²) >= 11 is 9.31. The lowest BCUT2D eigenvalue weighted by atomic mass is 10.2. The van der Waals surface area contributed by atoms with Crippen molar-refractivity contribution in [2.45, 2.75) is 6.10 Å². The van der Waals surface area contributed by atoms with E-state index in [-0.39, 0.29) is 0 Å². The van der Waals surface area contributed by atoms with Crippen LogP contribution in [0.25, 0.3) is 0 Å². The van der Waals surface area contributed by atoms with Crippen molar-refractivity contribution in [3.8, 4) is 0 Å². The molecule has 19 heavy (non-hydrogen) atoms. The van der Waals surface area contributed by atoms with Crippen molar-refractivity contribution >= 4 is 33.2 Å². The van der Waals surface area contributed by atoms with Crippen LogP contribution < -0.4 is 5.32 Å². The number of anilines is 1. The molecule has 1 aromatic rings. The van der Waals surface area contributed by atoms with Crippen molar-refractivity contribution in [3.05, 3.63) is 27.7 Å². The number of nitrogens with zero attached hydrogens (tertiary/aromatic N) is 1. The lowest BCUT2D eigenvalue weighted by Crippen LogP contribution is -2.42. The van der Waals surface area contributed by atoms with E-state index in [4.69, 9.17) is 16.3 Å². The SMILES string of the molecule is OC(CNc1ccc(Cl)c(Br)c1)CN1CCOCC1. The van der Waals surface area contributed by atoms with E-state index in [0.29, 0.717) is 18.1 Å². The molecule has 1 aromatic carbocycles. The standard InChI is InChI=1S/C13H18BrClN2O2/c14-12-7-10(1-2-13(12)15)16-8-11(18)9-17-3-5-19-6-4-17/h1-2,7,11,16,18H,3-6,8-9H2. The molecule has 1 aliphatic heterocycles. The fraction of sp³-hybridized carbons (Fsp3) is 0.538. The summed E-state index contributed by atoms with van der Waals surface area (Å²) in [6.07, 6.45) is -0.396. The van der Waals surface area contributed by atoms with Crippen LogP contribution >= 0.6 is 27.5 Å². The number of rotatable bonds is 5. The minimum Gasteiger partial charge on any atom is -0.390 e. The van der Waals surface area contributed by atoms with E-state index >= 15 is 0 Å². The molecule has 0 aromatic heterocycles. The third kappa shape index (κ3) is 4.93. The summed E-state index contributed by atoms with van der Waals surface area (Å²) in [5, 5.41) is 13.9. The van der Waals surface area contributed by atoms with E-state index in [0.717, 1.165) is 36.5 Å². The maximum Gasteiger partial charge on any atom is 0.0839 e. The van der Waals surface area contributed by atoms with Crippen LogP contribution in [0.4, 0.5) is 5.69 Å². The summed E-state index contributed by atoms with van der Waals surface area (Å²) in [6.45, 7) is 4.48. The third-order valence-electron chi connectivity index (χ3n) is 3.03. The number of halogens is 2. The molecule has 0 saturated carbocycles. The first-order valence-corrected chi connectivity index (χ1v) is 7.49. The Labute approximate surface area is 126 Å². The summed E-state index contributed by atoms with van der Waals surface area (Å²) in [4.78, 5) is 2.22. The monoisotopic (exact) mass is 348 g/mol. The first-order chi connectivity index (χ1) is 9.15.